The molecular formula is C13H10BrNO2. The molecule has 0 heterocycles. The zero-order valence-electron chi connectivity index (χ0n) is 8.84. The maximum atomic E-state index is 9.61. The molecule has 0 aromatic heterocycles. The van der Waals surface area contributed by atoms with E-state index in [1.807, 2.05) is 0 Å². The first kappa shape index (κ1) is 11.7. The van der Waals surface area contributed by atoms with Crippen molar-refractivity contribution in [3.05, 3.63) is 52.5 Å². The predicted molar refractivity (Wildman–Crippen MR) is 71.2 cm³/mol. The lowest BCUT2D eigenvalue weighted by atomic mass is 10.2. The summed E-state index contributed by atoms with van der Waals surface area (Å²) in [5.41, 5.74) is 1.05. The van der Waals surface area contributed by atoms with Gasteiger partial charge in [-0.1, -0.05) is 28.1 Å². The Kier molecular flexibility index (Phi) is 3.44. The number of para-hydroxylation sites is 2. The summed E-state index contributed by atoms with van der Waals surface area (Å²) in [7, 11) is 0. The molecule has 0 fully saturated rings. The zero-order valence-corrected chi connectivity index (χ0v) is 10.4. The monoisotopic (exact) mass is 291 g/mol. The molecule has 86 valence electrons. The molecular weight excluding hydrogens is 282 g/mol. The van der Waals surface area contributed by atoms with Gasteiger partial charge in [0, 0.05) is 16.3 Å². The smallest absolute Gasteiger partial charge is 0.141 e. The lowest BCUT2D eigenvalue weighted by Crippen LogP contribution is -1.82. The highest BCUT2D eigenvalue weighted by Crippen LogP contribution is 2.26. The van der Waals surface area contributed by atoms with Crippen molar-refractivity contribution in [2.24, 2.45) is 4.99 Å². The van der Waals surface area contributed by atoms with E-state index in [9.17, 15) is 10.2 Å². The molecule has 0 bridgehead atoms. The first-order valence-corrected chi connectivity index (χ1v) is 5.77. The fourth-order valence-electron chi connectivity index (χ4n) is 1.34. The highest BCUT2D eigenvalue weighted by Gasteiger charge is 2.00. The van der Waals surface area contributed by atoms with Gasteiger partial charge in [0.1, 0.15) is 17.2 Å². The first-order valence-electron chi connectivity index (χ1n) is 4.97. The van der Waals surface area contributed by atoms with Gasteiger partial charge in [-0.25, -0.2) is 0 Å². The topological polar surface area (TPSA) is 52.8 Å². The molecule has 0 aliphatic heterocycles. The van der Waals surface area contributed by atoms with E-state index >= 15 is 0 Å². The standard InChI is InChI=1S/C13H10BrNO2/c14-10-5-6-12(16)9(7-10)8-15-11-3-1-2-4-13(11)17/h1-8,16-17H/b15-8+. The Bertz CT molecular complexity index is 567. The van der Waals surface area contributed by atoms with Crippen LogP contribution >= 0.6 is 15.9 Å². The number of aliphatic imine (C=N–C) groups is 1. The average Bonchev–Trinajstić information content (AvgIpc) is 2.32. The van der Waals surface area contributed by atoms with Crippen LogP contribution in [0.2, 0.25) is 0 Å². The largest absolute Gasteiger partial charge is 0.507 e. The van der Waals surface area contributed by atoms with Crippen LogP contribution in [0, 0.1) is 0 Å². The van der Waals surface area contributed by atoms with Gasteiger partial charge < -0.3 is 10.2 Å². The van der Waals surface area contributed by atoms with Gasteiger partial charge >= 0.3 is 0 Å². The molecule has 0 amide bonds. The molecule has 0 aliphatic carbocycles. The van der Waals surface area contributed by atoms with E-state index in [1.54, 1.807) is 42.5 Å². The van der Waals surface area contributed by atoms with E-state index in [0.29, 0.717) is 11.3 Å². The number of hydrogen-bond acceptors (Lipinski definition) is 3. The lowest BCUT2D eigenvalue weighted by Gasteiger charge is -2.00. The number of halogens is 1. The number of phenolic OH excluding ortho intramolecular Hbond substituents is 2. The van der Waals surface area contributed by atoms with E-state index in [2.05, 4.69) is 20.9 Å². The average molecular weight is 292 g/mol. The van der Waals surface area contributed by atoms with Gasteiger partial charge in [-0.05, 0) is 30.3 Å². The van der Waals surface area contributed by atoms with Crippen LogP contribution in [0.1, 0.15) is 5.56 Å². The minimum Gasteiger partial charge on any atom is -0.507 e. The molecule has 2 aromatic rings. The maximum Gasteiger partial charge on any atom is 0.141 e. The number of phenols is 2. The van der Waals surface area contributed by atoms with Gasteiger partial charge in [-0.15, -0.1) is 0 Å². The van der Waals surface area contributed by atoms with Crippen LogP contribution in [0.15, 0.2) is 51.9 Å². The van der Waals surface area contributed by atoms with Crippen LogP contribution < -0.4 is 0 Å². The molecule has 4 heteroatoms. The minimum absolute atomic E-state index is 0.109. The molecule has 0 saturated carbocycles. The van der Waals surface area contributed by atoms with Crippen molar-refractivity contribution in [3.63, 3.8) is 0 Å². The Morgan fingerprint density at radius 1 is 1.00 bits per heavy atom. The van der Waals surface area contributed by atoms with Crippen LogP contribution in [0.4, 0.5) is 5.69 Å². The summed E-state index contributed by atoms with van der Waals surface area (Å²) < 4.78 is 0.856. The summed E-state index contributed by atoms with van der Waals surface area (Å²) in [6.45, 7) is 0. The van der Waals surface area contributed by atoms with Gasteiger partial charge in [0.15, 0.2) is 0 Å². The summed E-state index contributed by atoms with van der Waals surface area (Å²) in [6.07, 6.45) is 1.51. The van der Waals surface area contributed by atoms with E-state index in [1.165, 1.54) is 6.21 Å². The van der Waals surface area contributed by atoms with Crippen LogP contribution in [0.3, 0.4) is 0 Å². The van der Waals surface area contributed by atoms with Gasteiger partial charge in [-0.3, -0.25) is 4.99 Å². The molecule has 2 N–H and O–H groups in total. The van der Waals surface area contributed by atoms with Gasteiger partial charge in [0.2, 0.25) is 0 Å². The minimum atomic E-state index is 0.109. The number of rotatable bonds is 2. The second kappa shape index (κ2) is 5.01. The Hall–Kier alpha value is -1.81. The fraction of sp³-hybridized carbons (Fsp3) is 0. The Morgan fingerprint density at radius 3 is 2.53 bits per heavy atom. The number of benzene rings is 2. The predicted octanol–water partition coefficient (Wildman–Crippen LogP) is 3.61. The van der Waals surface area contributed by atoms with Crippen LogP contribution in [0.25, 0.3) is 0 Å². The summed E-state index contributed by atoms with van der Waals surface area (Å²) in [5, 5.41) is 19.1. The molecule has 0 saturated heterocycles. The van der Waals surface area contributed by atoms with Crippen molar-refractivity contribution in [2.45, 2.75) is 0 Å². The van der Waals surface area contributed by atoms with Crippen molar-refractivity contribution in [1.29, 1.82) is 0 Å². The maximum absolute atomic E-state index is 9.61. The molecule has 0 unspecified atom stereocenters. The van der Waals surface area contributed by atoms with Gasteiger partial charge in [-0.2, -0.15) is 0 Å². The summed E-state index contributed by atoms with van der Waals surface area (Å²) >= 11 is 3.31. The van der Waals surface area contributed by atoms with Crippen molar-refractivity contribution in [3.8, 4) is 11.5 Å². The van der Waals surface area contributed by atoms with Gasteiger partial charge in [0.25, 0.3) is 0 Å². The molecule has 0 spiro atoms. The quantitative estimate of drug-likeness (QED) is 0.831. The molecule has 0 aliphatic rings. The molecule has 2 aromatic carbocycles. The normalized spacial score (nSPS) is 10.9. The summed E-state index contributed by atoms with van der Waals surface area (Å²) in [4.78, 5) is 4.12. The SMILES string of the molecule is Oc1ccc(Br)cc1/C=N/c1ccccc1O. The van der Waals surface area contributed by atoms with Crippen LogP contribution in [-0.4, -0.2) is 16.4 Å². The molecule has 17 heavy (non-hydrogen) atoms. The van der Waals surface area contributed by atoms with E-state index in [4.69, 9.17) is 0 Å². The third-order valence-electron chi connectivity index (χ3n) is 2.21. The third kappa shape index (κ3) is 2.85. The second-order valence-corrected chi connectivity index (χ2v) is 4.37. The van der Waals surface area contributed by atoms with E-state index in [0.717, 1.165) is 4.47 Å². The van der Waals surface area contributed by atoms with Crippen molar-refractivity contribution in [2.75, 3.05) is 0 Å². The fourth-order valence-corrected chi connectivity index (χ4v) is 1.72. The lowest BCUT2D eigenvalue weighted by molar-refractivity contribution is 0.474. The van der Waals surface area contributed by atoms with Crippen molar-refractivity contribution in [1.82, 2.24) is 0 Å². The molecule has 3 nitrogen and oxygen atoms in total. The molecule has 2 rings (SSSR count). The number of aromatic hydroxyl groups is 2. The van der Waals surface area contributed by atoms with E-state index < -0.39 is 0 Å². The second-order valence-electron chi connectivity index (χ2n) is 3.45. The van der Waals surface area contributed by atoms with Crippen LogP contribution in [0.5, 0.6) is 11.5 Å². The highest BCUT2D eigenvalue weighted by atomic mass is 79.9. The van der Waals surface area contributed by atoms with Crippen LogP contribution in [-0.2, 0) is 0 Å². The van der Waals surface area contributed by atoms with E-state index in [-0.39, 0.29) is 11.5 Å². The highest BCUT2D eigenvalue weighted by molar-refractivity contribution is 9.10. The van der Waals surface area contributed by atoms with Gasteiger partial charge in [0.05, 0.1) is 0 Å². The Labute approximate surface area is 107 Å². The Morgan fingerprint density at radius 2 is 1.76 bits per heavy atom. The first-order chi connectivity index (χ1) is 8.16. The summed E-state index contributed by atoms with van der Waals surface area (Å²) in [6, 6.07) is 11.8. The summed E-state index contributed by atoms with van der Waals surface area (Å²) in [5.74, 6) is 0.255. The zero-order chi connectivity index (χ0) is 12.3. The van der Waals surface area contributed by atoms with Crippen molar-refractivity contribution < 1.29 is 10.2 Å². The molecule has 0 radical (unpaired) electrons. The van der Waals surface area contributed by atoms with Crippen molar-refractivity contribution >= 4 is 27.8 Å². The number of hydrogen-bond donors (Lipinski definition) is 2. The Balaban J connectivity index is 2.32. The number of nitrogens with zero attached hydrogens (tertiary/aromatic N) is 1. The third-order valence-corrected chi connectivity index (χ3v) is 2.71. The molecule has 0 atom stereocenters.